The first-order valence-electron chi connectivity index (χ1n) is 13.8. The van der Waals surface area contributed by atoms with E-state index in [0.717, 1.165) is 28.8 Å². The van der Waals surface area contributed by atoms with Crippen LogP contribution in [0.1, 0.15) is 38.7 Å². The molecule has 40 heavy (non-hydrogen) atoms. The second-order valence-electron chi connectivity index (χ2n) is 10.8. The molecule has 0 saturated carbocycles. The first kappa shape index (κ1) is 29.2. The number of allylic oxidation sites excluding steroid dienone is 5. The van der Waals surface area contributed by atoms with E-state index in [0.29, 0.717) is 44.4 Å². The predicted molar refractivity (Wildman–Crippen MR) is 159 cm³/mol. The molecule has 3 aromatic rings. The van der Waals surface area contributed by atoms with Crippen LogP contribution in [-0.2, 0) is 24.8 Å². The number of fused-ring (bicyclic) bond motifs is 1. The molecule has 9 nitrogen and oxygen atoms in total. The topological polar surface area (TPSA) is 119 Å². The van der Waals surface area contributed by atoms with Crippen LogP contribution in [0.3, 0.4) is 0 Å². The lowest BCUT2D eigenvalue weighted by atomic mass is 9.90. The van der Waals surface area contributed by atoms with E-state index < -0.39 is 5.60 Å². The summed E-state index contributed by atoms with van der Waals surface area (Å²) in [5.41, 5.74) is 9.01. The number of carbonyl (C=O) groups is 1. The number of carbonyl (C=O) groups excluding carboxylic acids is 1. The summed E-state index contributed by atoms with van der Waals surface area (Å²) in [6.45, 7) is 9.30. The Balaban J connectivity index is 1.43. The largest absolute Gasteiger partial charge is 0.388 e. The minimum absolute atomic E-state index is 0.0762. The summed E-state index contributed by atoms with van der Waals surface area (Å²) < 4.78 is 3.11. The van der Waals surface area contributed by atoms with Crippen molar-refractivity contribution in [1.29, 1.82) is 0 Å². The molecule has 1 aliphatic heterocycles. The van der Waals surface area contributed by atoms with E-state index in [4.69, 9.17) is 5.73 Å². The molecule has 3 heterocycles. The highest BCUT2D eigenvalue weighted by molar-refractivity contribution is 5.89. The molecule has 9 heteroatoms. The van der Waals surface area contributed by atoms with Crippen LogP contribution in [-0.4, -0.2) is 60.5 Å². The highest BCUT2D eigenvalue weighted by Gasteiger charge is 2.35. The maximum atomic E-state index is 13.4. The second-order valence-corrected chi connectivity index (χ2v) is 10.8. The Morgan fingerprint density at radius 2 is 1.90 bits per heavy atom. The third kappa shape index (κ3) is 6.48. The van der Waals surface area contributed by atoms with Crippen molar-refractivity contribution in [2.45, 2.75) is 51.7 Å². The van der Waals surface area contributed by atoms with Crippen molar-refractivity contribution in [2.75, 3.05) is 19.6 Å². The van der Waals surface area contributed by atoms with Gasteiger partial charge in [-0.2, -0.15) is 5.10 Å². The van der Waals surface area contributed by atoms with E-state index >= 15 is 0 Å². The molecule has 0 spiro atoms. The fourth-order valence-corrected chi connectivity index (χ4v) is 5.18. The zero-order chi connectivity index (χ0) is 28.9. The molecule has 0 bridgehead atoms. The normalized spacial score (nSPS) is 16.5. The molecule has 1 aliphatic rings. The summed E-state index contributed by atoms with van der Waals surface area (Å²) in [5.74, 6) is 0.193. The Labute approximate surface area is 235 Å². The Kier molecular flexibility index (Phi) is 9.17. The van der Waals surface area contributed by atoms with Crippen LogP contribution in [0.2, 0.25) is 0 Å². The highest BCUT2D eigenvalue weighted by atomic mass is 16.3. The number of piperidine rings is 1. The van der Waals surface area contributed by atoms with Gasteiger partial charge in [0.2, 0.25) is 5.91 Å². The second kappa shape index (κ2) is 12.6. The number of hydrogen-bond donors (Lipinski definition) is 2. The third-order valence-electron chi connectivity index (χ3n) is 7.85. The quantitative estimate of drug-likeness (QED) is 0.378. The van der Waals surface area contributed by atoms with E-state index in [1.807, 2.05) is 61.2 Å². The van der Waals surface area contributed by atoms with Crippen molar-refractivity contribution < 1.29 is 9.90 Å². The lowest BCUT2D eigenvalue weighted by Gasteiger charge is -2.38. The number of aliphatic hydroxyl groups is 1. The van der Waals surface area contributed by atoms with Crippen LogP contribution in [0, 0.1) is 5.92 Å². The molecule has 0 radical (unpaired) electrons. The molecule has 1 aromatic carbocycles. The van der Waals surface area contributed by atoms with Gasteiger partial charge < -0.3 is 15.7 Å². The standard InChI is InChI=1S/C31H40N6O3/c1-5-6-7-8-22(2)23(3)19-26(38)36-17-14-31(40,15-18-36)20-37-21-33-27-28(30(37)39)34-35(4)29(27)25-11-9-24(10-12-25)13-16-32/h5-12,21,23,40H,1,13-20,32H2,2-4H3/b7-6-,22-8+/t23-/m1/s1. The molecule has 2 aromatic heterocycles. The molecular weight excluding hydrogens is 504 g/mol. The van der Waals surface area contributed by atoms with Gasteiger partial charge in [0.1, 0.15) is 5.52 Å². The number of nitrogens with zero attached hydrogens (tertiary/aromatic N) is 5. The fourth-order valence-electron chi connectivity index (χ4n) is 5.18. The number of likely N-dealkylation sites (tertiary alicyclic amines) is 1. The average molecular weight is 545 g/mol. The van der Waals surface area contributed by atoms with Crippen molar-refractivity contribution in [3.63, 3.8) is 0 Å². The maximum Gasteiger partial charge on any atom is 0.281 e. The SMILES string of the molecule is C=C/C=C\C=C(/C)[C@H](C)CC(=O)N1CCC(O)(Cn2cnc3c(-c4ccc(CCN)cc4)n(C)nc3c2=O)CC1. The molecule has 1 fully saturated rings. The van der Waals surface area contributed by atoms with E-state index in [1.54, 1.807) is 17.8 Å². The lowest BCUT2D eigenvalue weighted by molar-refractivity contribution is -0.136. The van der Waals surface area contributed by atoms with Crippen LogP contribution >= 0.6 is 0 Å². The average Bonchev–Trinajstić information content (AvgIpc) is 3.27. The molecule has 0 aliphatic carbocycles. The predicted octanol–water partition coefficient (Wildman–Crippen LogP) is 3.37. The number of aromatic nitrogens is 4. The van der Waals surface area contributed by atoms with Gasteiger partial charge in [0.05, 0.1) is 24.2 Å². The fraction of sp³-hybridized carbons (Fsp3) is 0.419. The summed E-state index contributed by atoms with van der Waals surface area (Å²) in [4.78, 5) is 32.7. The van der Waals surface area contributed by atoms with E-state index in [9.17, 15) is 14.7 Å². The van der Waals surface area contributed by atoms with Crippen molar-refractivity contribution in [3.05, 3.63) is 83.0 Å². The van der Waals surface area contributed by atoms with Gasteiger partial charge in [-0.3, -0.25) is 18.8 Å². The molecule has 1 saturated heterocycles. The first-order chi connectivity index (χ1) is 19.2. The van der Waals surface area contributed by atoms with Crippen molar-refractivity contribution in [1.82, 2.24) is 24.2 Å². The molecule has 0 unspecified atom stereocenters. The lowest BCUT2D eigenvalue weighted by Crippen LogP contribution is -2.49. The number of nitrogens with two attached hydrogens (primary N) is 1. The Hall–Kier alpha value is -3.82. The Bertz CT molecular complexity index is 1470. The number of benzene rings is 1. The minimum Gasteiger partial charge on any atom is -0.388 e. The summed E-state index contributed by atoms with van der Waals surface area (Å²) in [7, 11) is 1.80. The van der Waals surface area contributed by atoms with Gasteiger partial charge >= 0.3 is 0 Å². The van der Waals surface area contributed by atoms with Crippen molar-refractivity contribution in [3.8, 4) is 11.3 Å². The van der Waals surface area contributed by atoms with Crippen molar-refractivity contribution >= 4 is 16.9 Å². The zero-order valence-corrected chi connectivity index (χ0v) is 23.7. The van der Waals surface area contributed by atoms with Crippen molar-refractivity contribution in [2.24, 2.45) is 18.7 Å². The zero-order valence-electron chi connectivity index (χ0n) is 23.7. The molecule has 1 atom stereocenters. The van der Waals surface area contributed by atoms with Crippen LogP contribution in [0.5, 0.6) is 0 Å². The summed E-state index contributed by atoms with van der Waals surface area (Å²) >= 11 is 0. The van der Waals surface area contributed by atoms with Gasteiger partial charge in [-0.1, -0.05) is 67.6 Å². The molecule has 4 rings (SSSR count). The van der Waals surface area contributed by atoms with Gasteiger partial charge in [-0.25, -0.2) is 4.98 Å². The van der Waals surface area contributed by atoms with Gasteiger partial charge in [0, 0.05) is 32.1 Å². The van der Waals surface area contributed by atoms with E-state index in [-0.39, 0.29) is 29.4 Å². The monoisotopic (exact) mass is 544 g/mol. The Morgan fingerprint density at radius 1 is 1.20 bits per heavy atom. The number of aryl methyl sites for hydroxylation is 1. The van der Waals surface area contributed by atoms with Crippen LogP contribution in [0.25, 0.3) is 22.3 Å². The summed E-state index contributed by atoms with van der Waals surface area (Å²) in [6, 6.07) is 8.03. The number of rotatable bonds is 10. The van der Waals surface area contributed by atoms with Crippen LogP contribution in [0.4, 0.5) is 0 Å². The number of amides is 1. The van der Waals surface area contributed by atoms with Gasteiger partial charge in [-0.05, 0) is 44.2 Å². The molecular formula is C31H40N6O3. The third-order valence-corrected chi connectivity index (χ3v) is 7.85. The first-order valence-corrected chi connectivity index (χ1v) is 13.8. The number of hydrogen-bond acceptors (Lipinski definition) is 6. The molecule has 3 N–H and O–H groups in total. The minimum atomic E-state index is -1.11. The van der Waals surface area contributed by atoms with Crippen LogP contribution < -0.4 is 11.3 Å². The van der Waals surface area contributed by atoms with Gasteiger partial charge in [-0.15, -0.1) is 0 Å². The summed E-state index contributed by atoms with van der Waals surface area (Å²) in [6.07, 6.45) is 11.0. The molecule has 212 valence electrons. The maximum absolute atomic E-state index is 13.4. The summed E-state index contributed by atoms with van der Waals surface area (Å²) in [5, 5.41) is 15.8. The highest BCUT2D eigenvalue weighted by Crippen LogP contribution is 2.28. The van der Waals surface area contributed by atoms with Gasteiger partial charge in [0.25, 0.3) is 5.56 Å². The molecule has 1 amide bonds. The smallest absolute Gasteiger partial charge is 0.281 e. The van der Waals surface area contributed by atoms with E-state index in [2.05, 4.69) is 16.7 Å². The van der Waals surface area contributed by atoms with Crippen LogP contribution in [0.15, 0.2) is 71.8 Å². The Morgan fingerprint density at radius 3 is 2.55 bits per heavy atom. The van der Waals surface area contributed by atoms with E-state index in [1.165, 1.54) is 10.9 Å². The van der Waals surface area contributed by atoms with Gasteiger partial charge in [0.15, 0.2) is 5.52 Å².